The first kappa shape index (κ1) is 22.9. The lowest BCUT2D eigenvalue weighted by Crippen LogP contribution is -2.62. The lowest BCUT2D eigenvalue weighted by atomic mass is 10.2. The van der Waals surface area contributed by atoms with Crippen LogP contribution in [0.3, 0.4) is 0 Å². The molecular formula is C22H27N3O5S2. The molecule has 4 rings (SSSR count). The second kappa shape index (κ2) is 9.30. The van der Waals surface area contributed by atoms with Crippen LogP contribution in [0.5, 0.6) is 0 Å². The average Bonchev–Trinajstić information content (AvgIpc) is 3.33. The molecule has 2 aliphatic rings. The van der Waals surface area contributed by atoms with E-state index in [0.29, 0.717) is 0 Å². The Morgan fingerprint density at radius 1 is 0.781 bits per heavy atom. The van der Waals surface area contributed by atoms with Crippen LogP contribution in [0.25, 0.3) is 0 Å². The fourth-order valence-electron chi connectivity index (χ4n) is 4.30. The van der Waals surface area contributed by atoms with Crippen LogP contribution in [-0.4, -0.2) is 63.1 Å². The zero-order chi connectivity index (χ0) is 22.8. The summed E-state index contributed by atoms with van der Waals surface area (Å²) < 4.78 is 55.3. The first-order valence-corrected chi connectivity index (χ1v) is 13.6. The van der Waals surface area contributed by atoms with Gasteiger partial charge in [-0.1, -0.05) is 49.2 Å². The quantitative estimate of drug-likeness (QED) is 0.683. The highest BCUT2D eigenvalue weighted by Gasteiger charge is 2.43. The monoisotopic (exact) mass is 477 g/mol. The minimum atomic E-state index is -3.97. The van der Waals surface area contributed by atoms with Gasteiger partial charge in [0.25, 0.3) is 0 Å². The van der Waals surface area contributed by atoms with E-state index in [4.69, 9.17) is 0 Å². The van der Waals surface area contributed by atoms with Crippen molar-refractivity contribution >= 4 is 26.0 Å². The number of nitrogens with one attached hydrogen (secondary N) is 1. The van der Waals surface area contributed by atoms with Crippen molar-refractivity contribution in [2.24, 2.45) is 0 Å². The summed E-state index contributed by atoms with van der Waals surface area (Å²) in [5.41, 5.74) is 0. The molecule has 32 heavy (non-hydrogen) atoms. The van der Waals surface area contributed by atoms with Gasteiger partial charge in [-0.25, -0.2) is 16.8 Å². The fraction of sp³-hybridized carbons (Fsp3) is 0.409. The zero-order valence-electron chi connectivity index (χ0n) is 17.6. The van der Waals surface area contributed by atoms with Crippen molar-refractivity contribution in [1.29, 1.82) is 0 Å². The third-order valence-corrected chi connectivity index (χ3v) is 9.83. The molecule has 2 fully saturated rings. The van der Waals surface area contributed by atoms with Gasteiger partial charge in [0.2, 0.25) is 26.0 Å². The molecule has 0 unspecified atom stereocenters. The first-order chi connectivity index (χ1) is 15.3. The molecule has 1 saturated heterocycles. The van der Waals surface area contributed by atoms with Gasteiger partial charge in [-0.15, -0.1) is 0 Å². The van der Waals surface area contributed by atoms with E-state index in [1.54, 1.807) is 36.4 Å². The summed E-state index contributed by atoms with van der Waals surface area (Å²) in [5, 5.41) is 2.95. The number of nitrogens with zero attached hydrogens (tertiary/aromatic N) is 2. The van der Waals surface area contributed by atoms with Crippen LogP contribution >= 0.6 is 0 Å². The van der Waals surface area contributed by atoms with Gasteiger partial charge in [-0.05, 0) is 37.1 Å². The normalized spacial score (nSPS) is 21.4. The number of sulfonamides is 2. The van der Waals surface area contributed by atoms with Gasteiger partial charge in [-0.2, -0.15) is 8.61 Å². The van der Waals surface area contributed by atoms with E-state index < -0.39 is 32.0 Å². The Morgan fingerprint density at radius 2 is 1.31 bits per heavy atom. The van der Waals surface area contributed by atoms with E-state index in [1.807, 2.05) is 0 Å². The molecule has 0 spiro atoms. The summed E-state index contributed by atoms with van der Waals surface area (Å²) in [6, 6.07) is 14.7. The minimum absolute atomic E-state index is 0.00936. The van der Waals surface area contributed by atoms with Gasteiger partial charge in [0.05, 0.1) is 9.79 Å². The molecule has 1 heterocycles. The molecule has 0 aromatic heterocycles. The number of piperazine rings is 1. The minimum Gasteiger partial charge on any atom is -0.352 e. The average molecular weight is 478 g/mol. The predicted octanol–water partition coefficient (Wildman–Crippen LogP) is 1.81. The molecule has 0 radical (unpaired) electrons. The summed E-state index contributed by atoms with van der Waals surface area (Å²) in [6.07, 6.45) is 3.71. The highest BCUT2D eigenvalue weighted by atomic mass is 32.2. The van der Waals surface area contributed by atoms with Gasteiger partial charge in [0.15, 0.2) is 0 Å². The van der Waals surface area contributed by atoms with Crippen LogP contribution in [0.2, 0.25) is 0 Å². The Bertz CT molecular complexity index is 1150. The smallest absolute Gasteiger partial charge is 0.243 e. The predicted molar refractivity (Wildman–Crippen MR) is 120 cm³/mol. The number of carbonyl (C=O) groups is 1. The van der Waals surface area contributed by atoms with Crippen LogP contribution in [0.15, 0.2) is 70.5 Å². The fourth-order valence-corrected chi connectivity index (χ4v) is 7.35. The molecule has 10 heteroatoms. The Labute approximate surface area is 189 Å². The molecular weight excluding hydrogens is 450 g/mol. The van der Waals surface area contributed by atoms with Crippen molar-refractivity contribution in [3.63, 3.8) is 0 Å². The summed E-state index contributed by atoms with van der Waals surface area (Å²) in [4.78, 5) is 13.4. The van der Waals surface area contributed by atoms with E-state index in [9.17, 15) is 21.6 Å². The summed E-state index contributed by atoms with van der Waals surface area (Å²) in [7, 11) is -7.83. The number of amides is 1. The van der Waals surface area contributed by atoms with E-state index in [2.05, 4.69) is 5.32 Å². The number of hydrogen-bond donors (Lipinski definition) is 1. The van der Waals surface area contributed by atoms with Crippen LogP contribution in [0, 0.1) is 0 Å². The van der Waals surface area contributed by atoms with Crippen molar-refractivity contribution in [1.82, 2.24) is 13.9 Å². The molecule has 1 atom stereocenters. The van der Waals surface area contributed by atoms with E-state index in [-0.39, 0.29) is 35.5 Å². The van der Waals surface area contributed by atoms with Crippen molar-refractivity contribution < 1.29 is 21.6 Å². The highest BCUT2D eigenvalue weighted by molar-refractivity contribution is 7.89. The van der Waals surface area contributed by atoms with Crippen molar-refractivity contribution in [3.8, 4) is 0 Å². The van der Waals surface area contributed by atoms with Crippen molar-refractivity contribution in [2.75, 3.05) is 19.6 Å². The third kappa shape index (κ3) is 4.59. The number of carbonyl (C=O) groups excluding carboxylic acids is 1. The lowest BCUT2D eigenvalue weighted by molar-refractivity contribution is -0.126. The van der Waals surface area contributed by atoms with E-state index in [0.717, 1.165) is 30.0 Å². The molecule has 1 aliphatic heterocycles. The summed E-state index contributed by atoms with van der Waals surface area (Å²) in [6.45, 7) is -0.371. The third-order valence-electron chi connectivity index (χ3n) is 6.03. The van der Waals surface area contributed by atoms with Crippen LogP contribution in [0.1, 0.15) is 25.7 Å². The van der Waals surface area contributed by atoms with Crippen LogP contribution in [-0.2, 0) is 24.8 Å². The lowest BCUT2D eigenvalue weighted by Gasteiger charge is -2.39. The molecule has 8 nitrogen and oxygen atoms in total. The van der Waals surface area contributed by atoms with Crippen LogP contribution < -0.4 is 5.32 Å². The molecule has 1 N–H and O–H groups in total. The largest absolute Gasteiger partial charge is 0.352 e. The topological polar surface area (TPSA) is 104 Å². The number of rotatable bonds is 6. The van der Waals surface area contributed by atoms with Crippen molar-refractivity contribution in [3.05, 3.63) is 60.7 Å². The van der Waals surface area contributed by atoms with Crippen molar-refractivity contribution in [2.45, 2.75) is 47.6 Å². The van der Waals surface area contributed by atoms with Gasteiger partial charge in [0, 0.05) is 25.7 Å². The molecule has 2 aromatic carbocycles. The zero-order valence-corrected chi connectivity index (χ0v) is 19.3. The van der Waals surface area contributed by atoms with Gasteiger partial charge < -0.3 is 5.32 Å². The molecule has 1 amide bonds. The standard InChI is InChI=1S/C22H27N3O5S2/c26-22(23-18-9-7-8-10-18)21-17-24(31(27,28)19-11-3-1-4-12-19)15-16-25(21)32(29,30)20-13-5-2-6-14-20/h1-6,11-14,18,21H,7-10,15-17H2,(H,23,26)/t21-/m0/s1. The summed E-state index contributed by atoms with van der Waals surface area (Å²) in [5.74, 6) is -0.454. The van der Waals surface area contributed by atoms with E-state index >= 15 is 0 Å². The Kier molecular flexibility index (Phi) is 6.66. The van der Waals surface area contributed by atoms with Gasteiger partial charge in [-0.3, -0.25) is 4.79 Å². The molecule has 1 saturated carbocycles. The van der Waals surface area contributed by atoms with Crippen LogP contribution in [0.4, 0.5) is 0 Å². The molecule has 0 bridgehead atoms. The summed E-state index contributed by atoms with van der Waals surface area (Å²) >= 11 is 0. The van der Waals surface area contributed by atoms with Gasteiger partial charge in [0.1, 0.15) is 6.04 Å². The Balaban J connectivity index is 1.65. The second-order valence-corrected chi connectivity index (χ2v) is 11.9. The number of hydrogen-bond acceptors (Lipinski definition) is 5. The SMILES string of the molecule is O=C(NC1CCCC1)[C@@H]1CN(S(=O)(=O)c2ccccc2)CCN1S(=O)(=O)c1ccccc1. The molecule has 1 aliphatic carbocycles. The molecule has 172 valence electrons. The van der Waals surface area contributed by atoms with Gasteiger partial charge >= 0.3 is 0 Å². The Hall–Kier alpha value is -2.27. The maximum atomic E-state index is 13.3. The maximum absolute atomic E-state index is 13.3. The first-order valence-electron chi connectivity index (χ1n) is 10.7. The Morgan fingerprint density at radius 3 is 1.88 bits per heavy atom. The van der Waals surface area contributed by atoms with E-state index in [1.165, 1.54) is 28.6 Å². The highest BCUT2D eigenvalue weighted by Crippen LogP contribution is 2.26. The molecule has 2 aromatic rings. The number of benzene rings is 2. The maximum Gasteiger partial charge on any atom is 0.243 e. The second-order valence-electron chi connectivity index (χ2n) is 8.11.